The summed E-state index contributed by atoms with van der Waals surface area (Å²) in [5.41, 5.74) is 7.26. The quantitative estimate of drug-likeness (QED) is 0.221. The molecule has 0 radical (unpaired) electrons. The second-order valence-electron chi connectivity index (χ2n) is 8.79. The minimum atomic E-state index is -0.448. The Morgan fingerprint density at radius 1 is 0.861 bits per heavy atom. The van der Waals surface area contributed by atoms with E-state index in [1.54, 1.807) is 30.3 Å². The third kappa shape index (κ3) is 6.71. The summed E-state index contributed by atoms with van der Waals surface area (Å²) in [5.74, 6) is 0.255. The van der Waals surface area contributed by atoms with E-state index in [0.29, 0.717) is 18.0 Å². The molecular weight excluding hydrogens is 444 g/mol. The Kier molecular flexibility index (Phi) is 7.95. The van der Waals surface area contributed by atoms with Crippen molar-refractivity contribution in [1.82, 2.24) is 0 Å². The Balaban J connectivity index is 1.45. The molecule has 178 valence electrons. The van der Waals surface area contributed by atoms with Crippen molar-refractivity contribution in [2.75, 3.05) is 5.32 Å². The van der Waals surface area contributed by atoms with Crippen LogP contribution in [0.2, 0.25) is 0 Å². The predicted octanol–water partition coefficient (Wildman–Crippen LogP) is 7.02. The molecule has 0 unspecified atom stereocenters. The molecule has 36 heavy (non-hydrogen) atoms. The number of hydrogen-bond donors (Lipinski definition) is 1. The molecule has 4 nitrogen and oxygen atoms in total. The lowest BCUT2D eigenvalue weighted by atomic mass is 9.96. The first kappa shape index (κ1) is 24.5. The highest BCUT2D eigenvalue weighted by Gasteiger charge is 2.12. The first-order valence-electron chi connectivity index (χ1n) is 11.8. The molecule has 0 atom stereocenters. The maximum atomic E-state index is 12.9. The standard InChI is InChI=1S/C32H28N2O2/c1-23-16-24(2)18-26(17-23)19-27-10-6-7-11-28(27)20-29(21-33)32(35)34-30-12-14-31(15-13-30)36-22-25-8-4-3-5-9-25/h3-18,20H,19,22H2,1-2H3,(H,34,35)/b29-20+. The van der Waals surface area contributed by atoms with E-state index >= 15 is 0 Å². The second-order valence-corrected chi connectivity index (χ2v) is 8.79. The molecule has 4 heteroatoms. The first-order valence-corrected chi connectivity index (χ1v) is 11.8. The zero-order valence-electron chi connectivity index (χ0n) is 20.5. The molecule has 4 aromatic carbocycles. The molecular formula is C32H28N2O2. The van der Waals surface area contributed by atoms with E-state index in [-0.39, 0.29) is 5.57 Å². The van der Waals surface area contributed by atoms with Crippen LogP contribution >= 0.6 is 0 Å². The van der Waals surface area contributed by atoms with Crippen LogP contribution in [0.1, 0.15) is 33.4 Å². The lowest BCUT2D eigenvalue weighted by Gasteiger charge is -2.10. The number of hydrogen-bond acceptors (Lipinski definition) is 3. The number of nitrogens with zero attached hydrogens (tertiary/aromatic N) is 1. The van der Waals surface area contributed by atoms with Gasteiger partial charge in [0.15, 0.2) is 0 Å². The number of amides is 1. The number of anilines is 1. The van der Waals surface area contributed by atoms with Gasteiger partial charge in [0.2, 0.25) is 0 Å². The number of nitrogens with one attached hydrogen (secondary N) is 1. The zero-order chi connectivity index (χ0) is 25.3. The third-order valence-electron chi connectivity index (χ3n) is 5.76. The van der Waals surface area contributed by atoms with Gasteiger partial charge in [0, 0.05) is 5.69 Å². The van der Waals surface area contributed by atoms with Gasteiger partial charge in [0.05, 0.1) is 0 Å². The SMILES string of the molecule is Cc1cc(C)cc(Cc2ccccc2/C=C(\C#N)C(=O)Nc2ccc(OCc3ccccc3)cc2)c1. The molecule has 0 aromatic heterocycles. The summed E-state index contributed by atoms with van der Waals surface area (Å²) in [6.07, 6.45) is 2.38. The van der Waals surface area contributed by atoms with Crippen LogP contribution in [0.15, 0.2) is 103 Å². The van der Waals surface area contributed by atoms with Gasteiger partial charge in [-0.25, -0.2) is 0 Å². The molecule has 4 rings (SSSR count). The van der Waals surface area contributed by atoms with Crippen LogP contribution in [0.25, 0.3) is 6.08 Å². The predicted molar refractivity (Wildman–Crippen MR) is 145 cm³/mol. The fraction of sp³-hybridized carbons (Fsp3) is 0.125. The largest absolute Gasteiger partial charge is 0.489 e. The number of aryl methyl sites for hydroxylation is 2. The fourth-order valence-electron chi connectivity index (χ4n) is 4.10. The van der Waals surface area contributed by atoms with Crippen molar-refractivity contribution in [1.29, 1.82) is 5.26 Å². The molecule has 0 heterocycles. The number of ether oxygens (including phenoxy) is 1. The van der Waals surface area contributed by atoms with Gasteiger partial charge in [-0.2, -0.15) is 5.26 Å². The summed E-state index contributed by atoms with van der Waals surface area (Å²) in [5, 5.41) is 12.5. The third-order valence-corrected chi connectivity index (χ3v) is 5.76. The molecule has 0 aliphatic rings. The Bertz CT molecular complexity index is 1390. The van der Waals surface area contributed by atoms with Crippen LogP contribution in [-0.4, -0.2) is 5.91 Å². The van der Waals surface area contributed by atoms with Crippen LogP contribution in [0.3, 0.4) is 0 Å². The van der Waals surface area contributed by atoms with E-state index in [1.807, 2.05) is 54.6 Å². The van der Waals surface area contributed by atoms with E-state index < -0.39 is 5.91 Å². The van der Waals surface area contributed by atoms with Gasteiger partial charge in [-0.05, 0) is 72.9 Å². The number of carbonyl (C=O) groups excluding carboxylic acids is 1. The summed E-state index contributed by atoms with van der Waals surface area (Å²) in [6, 6.07) is 33.4. The van der Waals surface area contributed by atoms with E-state index in [4.69, 9.17) is 4.74 Å². The number of carbonyl (C=O) groups is 1. The lowest BCUT2D eigenvalue weighted by Crippen LogP contribution is -2.13. The molecule has 0 bridgehead atoms. The summed E-state index contributed by atoms with van der Waals surface area (Å²) in [7, 11) is 0. The van der Waals surface area contributed by atoms with Gasteiger partial charge < -0.3 is 10.1 Å². The zero-order valence-corrected chi connectivity index (χ0v) is 20.5. The van der Waals surface area contributed by atoms with E-state index in [1.165, 1.54) is 16.7 Å². The Morgan fingerprint density at radius 3 is 2.22 bits per heavy atom. The highest BCUT2D eigenvalue weighted by molar-refractivity contribution is 6.09. The average molecular weight is 473 g/mol. The van der Waals surface area contributed by atoms with Gasteiger partial charge in [-0.15, -0.1) is 0 Å². The van der Waals surface area contributed by atoms with Crippen molar-refractivity contribution in [3.05, 3.63) is 136 Å². The van der Waals surface area contributed by atoms with Crippen molar-refractivity contribution in [3.63, 3.8) is 0 Å². The summed E-state index contributed by atoms with van der Waals surface area (Å²) in [6.45, 7) is 4.64. The molecule has 0 spiro atoms. The van der Waals surface area contributed by atoms with Crippen molar-refractivity contribution < 1.29 is 9.53 Å². The van der Waals surface area contributed by atoms with Crippen LogP contribution < -0.4 is 10.1 Å². The van der Waals surface area contributed by atoms with E-state index in [0.717, 1.165) is 23.1 Å². The second kappa shape index (κ2) is 11.7. The number of rotatable bonds is 8. The van der Waals surface area contributed by atoms with Gasteiger partial charge in [-0.3, -0.25) is 4.79 Å². The van der Waals surface area contributed by atoms with E-state index in [9.17, 15) is 10.1 Å². The normalized spacial score (nSPS) is 11.0. The van der Waals surface area contributed by atoms with Crippen LogP contribution in [0.4, 0.5) is 5.69 Å². The van der Waals surface area contributed by atoms with Crippen LogP contribution in [0.5, 0.6) is 5.75 Å². The maximum Gasteiger partial charge on any atom is 0.266 e. The Morgan fingerprint density at radius 2 is 1.53 bits per heavy atom. The van der Waals surface area contributed by atoms with Gasteiger partial charge in [-0.1, -0.05) is 83.9 Å². The first-order chi connectivity index (χ1) is 17.5. The Hall–Kier alpha value is -4.62. The lowest BCUT2D eigenvalue weighted by molar-refractivity contribution is -0.112. The molecule has 1 N–H and O–H groups in total. The van der Waals surface area contributed by atoms with Crippen LogP contribution in [0, 0.1) is 25.2 Å². The number of nitriles is 1. The molecule has 0 saturated carbocycles. The van der Waals surface area contributed by atoms with Crippen molar-refractivity contribution in [3.8, 4) is 11.8 Å². The molecule has 0 aliphatic carbocycles. The van der Waals surface area contributed by atoms with Gasteiger partial charge >= 0.3 is 0 Å². The number of benzene rings is 4. The molecule has 0 saturated heterocycles. The average Bonchev–Trinajstić information content (AvgIpc) is 2.87. The van der Waals surface area contributed by atoms with Crippen molar-refractivity contribution in [2.45, 2.75) is 26.9 Å². The van der Waals surface area contributed by atoms with Crippen molar-refractivity contribution in [2.24, 2.45) is 0 Å². The van der Waals surface area contributed by atoms with E-state index in [2.05, 4.69) is 43.4 Å². The molecule has 1 amide bonds. The highest BCUT2D eigenvalue weighted by Crippen LogP contribution is 2.21. The molecule has 0 aliphatic heterocycles. The molecule has 4 aromatic rings. The minimum Gasteiger partial charge on any atom is -0.489 e. The summed E-state index contributed by atoms with van der Waals surface area (Å²) >= 11 is 0. The van der Waals surface area contributed by atoms with Crippen molar-refractivity contribution >= 4 is 17.7 Å². The minimum absolute atomic E-state index is 0.0484. The maximum absolute atomic E-state index is 12.9. The highest BCUT2D eigenvalue weighted by atomic mass is 16.5. The van der Waals surface area contributed by atoms with Gasteiger partial charge in [0.1, 0.15) is 24.0 Å². The summed E-state index contributed by atoms with van der Waals surface area (Å²) < 4.78 is 5.80. The topological polar surface area (TPSA) is 62.1 Å². The monoisotopic (exact) mass is 472 g/mol. The van der Waals surface area contributed by atoms with Gasteiger partial charge in [0.25, 0.3) is 5.91 Å². The summed E-state index contributed by atoms with van der Waals surface area (Å²) in [4.78, 5) is 12.9. The Labute approximate surface area is 212 Å². The fourth-order valence-corrected chi connectivity index (χ4v) is 4.10. The molecule has 0 fully saturated rings. The van der Waals surface area contributed by atoms with Crippen LogP contribution in [-0.2, 0) is 17.8 Å². The smallest absolute Gasteiger partial charge is 0.266 e.